The second kappa shape index (κ2) is 15.5. The first kappa shape index (κ1) is 35.7. The maximum atomic E-state index is 5.39. The third-order valence-corrected chi connectivity index (χ3v) is 9.49. The molecule has 7 nitrogen and oxygen atoms in total. The predicted octanol–water partition coefficient (Wildman–Crippen LogP) is 9.30. The summed E-state index contributed by atoms with van der Waals surface area (Å²) in [5.74, 6) is 0. The fraction of sp³-hybridized carbons (Fsp3) is 0.128. The van der Waals surface area contributed by atoms with Gasteiger partial charge in [0.15, 0.2) is 37.2 Å². The van der Waals surface area contributed by atoms with E-state index in [9.17, 15) is 0 Å². The number of hydrogen-bond acceptors (Lipinski definition) is 2. The maximum absolute atomic E-state index is 5.39. The minimum absolute atomic E-state index is 0.860. The number of aromatic amines is 2. The third kappa shape index (κ3) is 6.92. The normalized spacial score (nSPS) is 12.2. The highest BCUT2D eigenvalue weighted by atomic mass is 14.9. The molecule has 0 amide bonds. The molecule has 2 N–H and O–H groups in total. The molecule has 7 heteroatoms. The van der Waals surface area contributed by atoms with Gasteiger partial charge in [0.1, 0.15) is 21.1 Å². The first-order valence-corrected chi connectivity index (χ1v) is 18.4. The molecular weight excluding hydrogens is 663 g/mol. The quantitative estimate of drug-likeness (QED) is 0.134. The number of pyridine rings is 3. The molecule has 0 saturated heterocycles. The van der Waals surface area contributed by atoms with Gasteiger partial charge in [-0.05, 0) is 77.8 Å². The highest BCUT2D eigenvalue weighted by Crippen LogP contribution is 2.37. The SMILES string of the molecule is C=C/C=C(\C=C/C)c1c2nc(c(-c3cc[n+](C)cc3)c3ccc([nH]3)c(-c3cc[n+](C)cc3)c3nc(c(-c4cc[n+](C)cc4)c4ccc1[nH]4)C=C3)C=C2.CC. The molecule has 266 valence electrons. The van der Waals surface area contributed by atoms with Crippen LogP contribution in [0.3, 0.4) is 0 Å². The lowest BCUT2D eigenvalue weighted by Crippen LogP contribution is -2.25. The lowest BCUT2D eigenvalue weighted by Gasteiger charge is -2.06. The average Bonchev–Trinajstić information content (AvgIpc) is 4.03. The molecule has 2 aliphatic rings. The van der Waals surface area contributed by atoms with E-state index in [-0.39, 0.29) is 0 Å². The Labute approximate surface area is 317 Å². The van der Waals surface area contributed by atoms with Crippen LogP contribution in [0, 0.1) is 0 Å². The number of aryl methyl sites for hydroxylation is 3. The number of aromatic nitrogens is 7. The molecule has 2 aliphatic heterocycles. The minimum atomic E-state index is 0.860. The largest absolute Gasteiger partial charge is 0.354 e. The molecule has 0 radical (unpaired) electrons. The summed E-state index contributed by atoms with van der Waals surface area (Å²) in [6.45, 7) is 10.1. The van der Waals surface area contributed by atoms with E-state index in [1.807, 2.05) is 67.8 Å². The molecule has 6 aromatic heterocycles. The van der Waals surface area contributed by atoms with Crippen molar-refractivity contribution in [1.29, 1.82) is 0 Å². The van der Waals surface area contributed by atoms with Crippen LogP contribution < -0.4 is 13.7 Å². The monoisotopic (exact) mass is 708 g/mol. The van der Waals surface area contributed by atoms with Crippen molar-refractivity contribution in [1.82, 2.24) is 19.9 Å². The van der Waals surface area contributed by atoms with E-state index in [1.165, 1.54) is 0 Å². The van der Waals surface area contributed by atoms with E-state index in [0.717, 1.165) is 89.4 Å². The van der Waals surface area contributed by atoms with Gasteiger partial charge in [-0.3, -0.25) is 0 Å². The second-order valence-corrected chi connectivity index (χ2v) is 13.1. The summed E-state index contributed by atoms with van der Waals surface area (Å²) in [5, 5.41) is 0. The number of allylic oxidation sites excluding steroid dienone is 5. The van der Waals surface area contributed by atoms with Crippen molar-refractivity contribution in [3.8, 4) is 33.4 Å². The summed E-state index contributed by atoms with van der Waals surface area (Å²) in [4.78, 5) is 18.4. The molecule has 54 heavy (non-hydrogen) atoms. The number of nitrogens with one attached hydrogen (secondary N) is 2. The van der Waals surface area contributed by atoms with Gasteiger partial charge in [0.05, 0.1) is 22.8 Å². The van der Waals surface area contributed by atoms with Gasteiger partial charge in [0.2, 0.25) is 0 Å². The third-order valence-electron chi connectivity index (χ3n) is 9.49. The molecule has 8 rings (SSSR count). The van der Waals surface area contributed by atoms with Crippen LogP contribution >= 0.6 is 0 Å². The lowest BCUT2D eigenvalue weighted by molar-refractivity contribution is -0.671. The molecule has 0 spiro atoms. The number of fused-ring (bicyclic) bond motifs is 8. The zero-order valence-corrected chi connectivity index (χ0v) is 31.8. The van der Waals surface area contributed by atoms with Gasteiger partial charge in [-0.25, -0.2) is 23.7 Å². The van der Waals surface area contributed by atoms with Crippen LogP contribution in [-0.2, 0) is 21.1 Å². The van der Waals surface area contributed by atoms with Crippen molar-refractivity contribution in [2.45, 2.75) is 20.8 Å². The lowest BCUT2D eigenvalue weighted by atomic mass is 10.0. The van der Waals surface area contributed by atoms with E-state index in [0.29, 0.717) is 0 Å². The second-order valence-electron chi connectivity index (χ2n) is 13.1. The van der Waals surface area contributed by atoms with Crippen molar-refractivity contribution < 1.29 is 13.7 Å². The molecule has 0 aromatic carbocycles. The van der Waals surface area contributed by atoms with Crippen LogP contribution in [-0.4, -0.2) is 19.9 Å². The number of H-pyrrole nitrogens is 2. The number of nitrogens with zero attached hydrogens (tertiary/aromatic N) is 5. The molecule has 0 fully saturated rings. The van der Waals surface area contributed by atoms with E-state index >= 15 is 0 Å². The van der Waals surface area contributed by atoms with Gasteiger partial charge < -0.3 is 9.97 Å². The van der Waals surface area contributed by atoms with Crippen LogP contribution in [0.15, 0.2) is 129 Å². The molecule has 8 bridgehead atoms. The van der Waals surface area contributed by atoms with E-state index in [1.54, 1.807) is 0 Å². The standard InChI is InChI=1S/C45H39N7.C2H6/c1-6-8-30(9-7-2)42-34-10-12-36(46-34)43(31-18-24-50(3)25-19-31)38-14-16-40(48-38)45(33-22-28-52(5)29-23-33)41-17-15-39(49-41)44(37-13-11-35(42)47-37)32-20-26-51(4)27-21-32;1-2/h6-29H,1H2,2-5H3,(H,46,47,48,49);1-2H3/q+2;/p+1/b9-7-,30-8+,42-34?,42-35?,43-36?,43-38?,44-37?,44-39?,45-40?,45-41?;. The number of rotatable bonds is 6. The van der Waals surface area contributed by atoms with Crippen LogP contribution in [0.25, 0.3) is 85.3 Å². The molecule has 0 atom stereocenters. The zero-order chi connectivity index (χ0) is 37.8. The van der Waals surface area contributed by atoms with Crippen LogP contribution in [0.5, 0.6) is 0 Å². The van der Waals surface area contributed by atoms with Gasteiger partial charge in [-0.15, -0.1) is 0 Å². The smallest absolute Gasteiger partial charge is 0.169 e. The Morgan fingerprint density at radius 1 is 0.537 bits per heavy atom. The molecule has 0 saturated carbocycles. The highest BCUT2D eigenvalue weighted by molar-refractivity contribution is 5.99. The summed E-state index contributed by atoms with van der Waals surface area (Å²) in [5.41, 5.74) is 15.6. The van der Waals surface area contributed by atoms with Gasteiger partial charge in [0, 0.05) is 80.7 Å². The Kier molecular flexibility index (Phi) is 10.2. The van der Waals surface area contributed by atoms with E-state index < -0.39 is 0 Å². The van der Waals surface area contributed by atoms with Crippen molar-refractivity contribution in [3.63, 3.8) is 0 Å². The Hall–Kier alpha value is -6.73. The van der Waals surface area contributed by atoms with Gasteiger partial charge in [0.25, 0.3) is 0 Å². The summed E-state index contributed by atoms with van der Waals surface area (Å²) < 4.78 is 6.13. The molecule has 0 unspecified atom stereocenters. The predicted molar refractivity (Wildman–Crippen MR) is 223 cm³/mol. The van der Waals surface area contributed by atoms with Gasteiger partial charge in [-0.2, -0.15) is 0 Å². The first-order chi connectivity index (χ1) is 26.4. The van der Waals surface area contributed by atoms with Gasteiger partial charge in [-0.1, -0.05) is 44.7 Å². The van der Waals surface area contributed by atoms with Crippen LogP contribution in [0.1, 0.15) is 49.1 Å². The topological polar surface area (TPSA) is 69.0 Å². The Bertz CT molecular complexity index is 2600. The minimum Gasteiger partial charge on any atom is -0.354 e. The summed E-state index contributed by atoms with van der Waals surface area (Å²) in [6.07, 6.45) is 28.9. The molecular formula is C47H46N7+3. The highest BCUT2D eigenvalue weighted by Gasteiger charge is 2.20. The van der Waals surface area contributed by atoms with Crippen molar-refractivity contribution >= 4 is 51.9 Å². The zero-order valence-electron chi connectivity index (χ0n) is 31.8. The molecule has 8 heterocycles. The summed E-state index contributed by atoms with van der Waals surface area (Å²) in [6, 6.07) is 21.5. The Morgan fingerprint density at radius 2 is 0.889 bits per heavy atom. The fourth-order valence-corrected chi connectivity index (χ4v) is 6.95. The average molecular weight is 709 g/mol. The van der Waals surface area contributed by atoms with E-state index in [2.05, 4.69) is 151 Å². The maximum Gasteiger partial charge on any atom is 0.169 e. The Morgan fingerprint density at radius 3 is 1.28 bits per heavy atom. The van der Waals surface area contributed by atoms with E-state index in [4.69, 9.17) is 9.97 Å². The first-order valence-electron chi connectivity index (χ1n) is 18.4. The Balaban J connectivity index is 0.00000221. The molecule has 6 aromatic rings. The number of hydrogen-bond donors (Lipinski definition) is 2. The van der Waals surface area contributed by atoms with Crippen molar-refractivity contribution in [2.24, 2.45) is 21.1 Å². The van der Waals surface area contributed by atoms with Crippen LogP contribution in [0.4, 0.5) is 0 Å². The summed E-state index contributed by atoms with van der Waals surface area (Å²) >= 11 is 0. The molecule has 0 aliphatic carbocycles. The van der Waals surface area contributed by atoms with Crippen molar-refractivity contribution in [3.05, 3.63) is 157 Å². The van der Waals surface area contributed by atoms with Crippen LogP contribution in [0.2, 0.25) is 0 Å². The van der Waals surface area contributed by atoms with Gasteiger partial charge >= 0.3 is 0 Å². The van der Waals surface area contributed by atoms with Crippen molar-refractivity contribution in [2.75, 3.05) is 0 Å². The summed E-state index contributed by atoms with van der Waals surface area (Å²) in [7, 11) is 6.09. The fourth-order valence-electron chi connectivity index (χ4n) is 6.95.